The van der Waals surface area contributed by atoms with E-state index in [2.05, 4.69) is 5.16 Å². The highest BCUT2D eigenvalue weighted by atomic mass is 16.7. The first kappa shape index (κ1) is 14.0. The van der Waals surface area contributed by atoms with Gasteiger partial charge in [0.15, 0.2) is 0 Å². The molecule has 1 aliphatic heterocycles. The number of fused-ring (bicyclic) bond motifs is 1. The molecule has 0 bridgehead atoms. The molecule has 0 radical (unpaired) electrons. The Hall–Kier alpha value is -2.96. The summed E-state index contributed by atoms with van der Waals surface area (Å²) in [6, 6.07) is 7.66. The van der Waals surface area contributed by atoms with Crippen LogP contribution < -0.4 is 0 Å². The summed E-state index contributed by atoms with van der Waals surface area (Å²) in [6.07, 6.45) is 0. The van der Waals surface area contributed by atoms with Crippen molar-refractivity contribution >= 4 is 17.8 Å². The maximum atomic E-state index is 12.1. The standard InChI is InChI=1S/C15H12N2O5/c1-8(2)11-7-12(21-16-11)15(20)22-17-13(18)9-5-3-4-6-10(9)14(17)19/h3-8H,1-2H3. The molecule has 3 rings (SSSR count). The number of imide groups is 1. The molecule has 22 heavy (non-hydrogen) atoms. The van der Waals surface area contributed by atoms with E-state index < -0.39 is 17.8 Å². The number of hydroxylamine groups is 2. The third kappa shape index (κ3) is 2.16. The Kier molecular flexibility index (Phi) is 3.25. The summed E-state index contributed by atoms with van der Waals surface area (Å²) in [4.78, 5) is 41.0. The Morgan fingerprint density at radius 2 is 1.77 bits per heavy atom. The SMILES string of the molecule is CC(C)c1cc(C(=O)ON2C(=O)c3ccccc3C2=O)on1. The lowest BCUT2D eigenvalue weighted by Gasteiger charge is -2.10. The van der Waals surface area contributed by atoms with Gasteiger partial charge in [-0.1, -0.05) is 36.2 Å². The van der Waals surface area contributed by atoms with E-state index in [1.807, 2.05) is 13.8 Å². The monoisotopic (exact) mass is 300 g/mol. The van der Waals surface area contributed by atoms with Crippen molar-refractivity contribution in [2.75, 3.05) is 0 Å². The maximum absolute atomic E-state index is 12.1. The summed E-state index contributed by atoms with van der Waals surface area (Å²) in [5.74, 6) is -2.41. The largest absolute Gasteiger partial charge is 0.401 e. The van der Waals surface area contributed by atoms with Gasteiger partial charge >= 0.3 is 5.97 Å². The number of hydrogen-bond donors (Lipinski definition) is 0. The topological polar surface area (TPSA) is 89.7 Å². The molecule has 2 heterocycles. The second kappa shape index (κ2) is 5.10. The Morgan fingerprint density at radius 1 is 1.18 bits per heavy atom. The van der Waals surface area contributed by atoms with Gasteiger partial charge in [0.05, 0.1) is 16.8 Å². The van der Waals surface area contributed by atoms with Crippen LogP contribution in [0.2, 0.25) is 0 Å². The maximum Gasteiger partial charge on any atom is 0.401 e. The van der Waals surface area contributed by atoms with E-state index in [1.54, 1.807) is 12.1 Å². The second-order valence-electron chi connectivity index (χ2n) is 5.10. The number of aromatic nitrogens is 1. The fourth-order valence-electron chi connectivity index (χ4n) is 2.04. The van der Waals surface area contributed by atoms with Crippen LogP contribution in [-0.2, 0) is 4.84 Å². The number of hydrogen-bond acceptors (Lipinski definition) is 6. The minimum absolute atomic E-state index is 0.0737. The lowest BCUT2D eigenvalue weighted by atomic mass is 10.1. The fraction of sp³-hybridized carbons (Fsp3) is 0.200. The quantitative estimate of drug-likeness (QED) is 0.807. The van der Waals surface area contributed by atoms with Crippen LogP contribution in [0.15, 0.2) is 34.9 Å². The van der Waals surface area contributed by atoms with Crippen molar-refractivity contribution in [2.45, 2.75) is 19.8 Å². The molecule has 0 saturated heterocycles. The number of amides is 2. The van der Waals surface area contributed by atoms with Crippen LogP contribution >= 0.6 is 0 Å². The summed E-state index contributed by atoms with van der Waals surface area (Å²) < 4.78 is 4.87. The van der Waals surface area contributed by atoms with Crippen molar-refractivity contribution in [3.63, 3.8) is 0 Å². The highest BCUT2D eigenvalue weighted by molar-refractivity contribution is 6.21. The highest BCUT2D eigenvalue weighted by Crippen LogP contribution is 2.23. The molecule has 2 amide bonds. The van der Waals surface area contributed by atoms with Crippen molar-refractivity contribution in [3.8, 4) is 0 Å². The summed E-state index contributed by atoms with van der Waals surface area (Å²) in [7, 11) is 0. The van der Waals surface area contributed by atoms with Crippen molar-refractivity contribution in [1.29, 1.82) is 0 Å². The van der Waals surface area contributed by atoms with Crippen molar-refractivity contribution in [1.82, 2.24) is 10.2 Å². The molecule has 0 unspecified atom stereocenters. The van der Waals surface area contributed by atoms with Crippen LogP contribution in [-0.4, -0.2) is 28.0 Å². The molecule has 7 nitrogen and oxygen atoms in total. The van der Waals surface area contributed by atoms with E-state index in [4.69, 9.17) is 9.36 Å². The third-order valence-electron chi connectivity index (χ3n) is 3.25. The zero-order valence-corrected chi connectivity index (χ0v) is 11.9. The fourth-order valence-corrected chi connectivity index (χ4v) is 2.04. The smallest absolute Gasteiger partial charge is 0.349 e. The summed E-state index contributed by atoms with van der Waals surface area (Å²) >= 11 is 0. The number of nitrogens with zero attached hydrogens (tertiary/aromatic N) is 2. The Balaban J connectivity index is 1.80. The molecule has 0 fully saturated rings. The molecule has 2 aromatic rings. The molecule has 0 aliphatic carbocycles. The minimum Gasteiger partial charge on any atom is -0.349 e. The molecule has 0 N–H and O–H groups in total. The van der Waals surface area contributed by atoms with Gasteiger partial charge in [-0.25, -0.2) is 4.79 Å². The van der Waals surface area contributed by atoms with Gasteiger partial charge in [-0.3, -0.25) is 9.59 Å². The lowest BCUT2D eigenvalue weighted by Crippen LogP contribution is -2.32. The predicted molar refractivity (Wildman–Crippen MR) is 72.9 cm³/mol. The first-order chi connectivity index (χ1) is 10.5. The minimum atomic E-state index is -0.950. The van der Waals surface area contributed by atoms with E-state index in [0.717, 1.165) is 0 Å². The third-order valence-corrected chi connectivity index (χ3v) is 3.25. The molecular weight excluding hydrogens is 288 g/mol. The zero-order valence-electron chi connectivity index (χ0n) is 11.9. The average Bonchev–Trinajstić information content (AvgIpc) is 3.08. The van der Waals surface area contributed by atoms with E-state index in [1.165, 1.54) is 18.2 Å². The molecule has 7 heteroatoms. The second-order valence-corrected chi connectivity index (χ2v) is 5.10. The molecule has 0 atom stereocenters. The van der Waals surface area contributed by atoms with Crippen LogP contribution in [0.5, 0.6) is 0 Å². The van der Waals surface area contributed by atoms with E-state index >= 15 is 0 Å². The summed E-state index contributed by atoms with van der Waals surface area (Å²) in [5, 5.41) is 4.16. The number of carbonyl (C=O) groups is 3. The van der Waals surface area contributed by atoms with Gasteiger partial charge in [-0.15, -0.1) is 0 Å². The molecule has 1 aromatic heterocycles. The van der Waals surface area contributed by atoms with E-state index in [0.29, 0.717) is 10.8 Å². The lowest BCUT2D eigenvalue weighted by molar-refractivity contribution is -0.0607. The van der Waals surface area contributed by atoms with Crippen LogP contribution in [0, 0.1) is 0 Å². The van der Waals surface area contributed by atoms with Gasteiger partial charge in [0.1, 0.15) is 0 Å². The molecule has 112 valence electrons. The summed E-state index contributed by atoms with van der Waals surface area (Å²) in [5.41, 5.74) is 0.968. The Morgan fingerprint density at radius 3 is 2.27 bits per heavy atom. The van der Waals surface area contributed by atoms with Crippen LogP contribution in [0.1, 0.15) is 56.7 Å². The van der Waals surface area contributed by atoms with Gasteiger partial charge in [0.2, 0.25) is 5.76 Å². The Bertz CT molecular complexity index is 743. The normalized spacial score (nSPS) is 13.7. The van der Waals surface area contributed by atoms with Crippen LogP contribution in [0.25, 0.3) is 0 Å². The van der Waals surface area contributed by atoms with Crippen LogP contribution in [0.4, 0.5) is 0 Å². The van der Waals surface area contributed by atoms with Gasteiger partial charge in [-0.2, -0.15) is 0 Å². The van der Waals surface area contributed by atoms with Gasteiger partial charge in [0.25, 0.3) is 11.8 Å². The first-order valence-electron chi connectivity index (χ1n) is 6.65. The molecular formula is C15H12N2O5. The zero-order chi connectivity index (χ0) is 15.9. The Labute approximate surface area is 125 Å². The molecule has 0 saturated carbocycles. The number of rotatable bonds is 3. The van der Waals surface area contributed by atoms with Gasteiger partial charge in [-0.05, 0) is 18.1 Å². The predicted octanol–water partition coefficient (Wildman–Crippen LogP) is 2.17. The average molecular weight is 300 g/mol. The van der Waals surface area contributed by atoms with E-state index in [-0.39, 0.29) is 22.8 Å². The van der Waals surface area contributed by atoms with Gasteiger partial charge < -0.3 is 9.36 Å². The van der Waals surface area contributed by atoms with Crippen molar-refractivity contribution in [3.05, 3.63) is 52.9 Å². The molecule has 1 aromatic carbocycles. The molecule has 0 spiro atoms. The number of carbonyl (C=O) groups excluding carboxylic acids is 3. The van der Waals surface area contributed by atoms with Crippen LogP contribution in [0.3, 0.4) is 0 Å². The van der Waals surface area contributed by atoms with E-state index in [9.17, 15) is 14.4 Å². The first-order valence-corrected chi connectivity index (χ1v) is 6.65. The van der Waals surface area contributed by atoms with Gasteiger partial charge in [0, 0.05) is 6.07 Å². The van der Waals surface area contributed by atoms with Crippen molar-refractivity contribution in [2.24, 2.45) is 0 Å². The highest BCUT2D eigenvalue weighted by Gasteiger charge is 2.39. The van der Waals surface area contributed by atoms with Crippen molar-refractivity contribution < 1.29 is 23.7 Å². The summed E-state index contributed by atoms with van der Waals surface area (Å²) in [6.45, 7) is 3.77. The number of benzene rings is 1. The molecule has 1 aliphatic rings.